The van der Waals surface area contributed by atoms with Crippen molar-refractivity contribution in [3.8, 4) is 0 Å². The molecule has 1 aliphatic rings. The van der Waals surface area contributed by atoms with Crippen LogP contribution < -0.4 is 5.73 Å². The van der Waals surface area contributed by atoms with Crippen LogP contribution in [0.5, 0.6) is 0 Å². The molecule has 0 aromatic heterocycles. The van der Waals surface area contributed by atoms with Gasteiger partial charge in [-0.1, -0.05) is 12.2 Å². The highest BCUT2D eigenvalue weighted by Crippen LogP contribution is 2.34. The lowest BCUT2D eigenvalue weighted by Crippen LogP contribution is -2.38. The summed E-state index contributed by atoms with van der Waals surface area (Å²) in [5.41, 5.74) is 6.47. The second-order valence-corrected chi connectivity index (χ2v) is 5.70. The van der Waals surface area contributed by atoms with Gasteiger partial charge in [0.05, 0.1) is 5.92 Å². The molecule has 1 aromatic carbocycles. The summed E-state index contributed by atoms with van der Waals surface area (Å²) < 4.78 is 51.5. The molecule has 1 aliphatic heterocycles. The van der Waals surface area contributed by atoms with E-state index in [1.165, 1.54) is 12.1 Å². The molecule has 2 nitrogen and oxygen atoms in total. The summed E-state index contributed by atoms with van der Waals surface area (Å²) in [7, 11) is 0. The van der Waals surface area contributed by atoms with Crippen molar-refractivity contribution in [2.45, 2.75) is 25.6 Å². The Morgan fingerprint density at radius 1 is 1.29 bits per heavy atom. The number of likely N-dealkylation sites (tertiary alicyclic amines) is 1. The Balaban J connectivity index is 2.01. The number of hydrogen-bond donors (Lipinski definition) is 1. The third-order valence-electron chi connectivity index (χ3n) is 3.77. The predicted molar refractivity (Wildman–Crippen MR) is 76.3 cm³/mol. The molecule has 0 aliphatic carbocycles. The van der Waals surface area contributed by atoms with Gasteiger partial charge in [0, 0.05) is 17.7 Å². The van der Waals surface area contributed by atoms with Gasteiger partial charge in [-0.2, -0.15) is 13.2 Å². The molecule has 2 rings (SSSR count). The van der Waals surface area contributed by atoms with Crippen LogP contribution in [0.25, 0.3) is 0 Å². The van der Waals surface area contributed by atoms with Crippen molar-refractivity contribution < 1.29 is 17.6 Å². The van der Waals surface area contributed by atoms with Crippen molar-refractivity contribution in [3.05, 3.63) is 35.1 Å². The van der Waals surface area contributed by atoms with Crippen LogP contribution in [-0.2, 0) is 6.54 Å². The van der Waals surface area contributed by atoms with Crippen molar-refractivity contribution in [1.82, 2.24) is 4.90 Å². The number of thiocarbonyl (C=S) groups is 1. The lowest BCUT2D eigenvalue weighted by Gasteiger charge is -2.33. The molecule has 0 spiro atoms. The minimum absolute atomic E-state index is 0.0557. The van der Waals surface area contributed by atoms with E-state index >= 15 is 0 Å². The maximum absolute atomic E-state index is 13.8. The van der Waals surface area contributed by atoms with Crippen molar-refractivity contribution in [1.29, 1.82) is 0 Å². The van der Waals surface area contributed by atoms with E-state index < -0.39 is 17.9 Å². The largest absolute Gasteiger partial charge is 0.391 e. The molecule has 116 valence electrons. The first kappa shape index (κ1) is 16.2. The summed E-state index contributed by atoms with van der Waals surface area (Å²) in [6, 6.07) is 4.34. The van der Waals surface area contributed by atoms with Gasteiger partial charge in [0.1, 0.15) is 10.8 Å². The minimum Gasteiger partial charge on any atom is -0.389 e. The summed E-state index contributed by atoms with van der Waals surface area (Å²) in [5.74, 6) is -1.64. The first-order chi connectivity index (χ1) is 9.77. The minimum atomic E-state index is -4.14. The Bertz CT molecular complexity index is 522. The average Bonchev–Trinajstić information content (AvgIpc) is 2.40. The second-order valence-electron chi connectivity index (χ2n) is 5.26. The molecule has 0 saturated carbocycles. The van der Waals surface area contributed by atoms with Crippen LogP contribution in [0, 0.1) is 11.7 Å². The van der Waals surface area contributed by atoms with E-state index in [9.17, 15) is 17.6 Å². The number of alkyl halides is 3. The van der Waals surface area contributed by atoms with Crippen LogP contribution in [0.15, 0.2) is 18.2 Å². The van der Waals surface area contributed by atoms with E-state index in [1.807, 2.05) is 4.90 Å². The first-order valence-electron chi connectivity index (χ1n) is 6.64. The third kappa shape index (κ3) is 4.14. The first-order valence-corrected chi connectivity index (χ1v) is 7.05. The van der Waals surface area contributed by atoms with Crippen LogP contribution in [0.4, 0.5) is 17.6 Å². The predicted octanol–water partition coefficient (Wildman–Crippen LogP) is 3.23. The van der Waals surface area contributed by atoms with Crippen LogP contribution in [0.3, 0.4) is 0 Å². The smallest absolute Gasteiger partial charge is 0.389 e. The molecule has 21 heavy (non-hydrogen) atoms. The van der Waals surface area contributed by atoms with Crippen molar-refractivity contribution in [2.24, 2.45) is 11.7 Å². The Morgan fingerprint density at radius 3 is 2.43 bits per heavy atom. The lowest BCUT2D eigenvalue weighted by atomic mass is 9.96. The molecule has 2 N–H and O–H groups in total. The highest BCUT2D eigenvalue weighted by atomic mass is 32.1. The normalized spacial score (nSPS) is 17.9. The highest BCUT2D eigenvalue weighted by Gasteiger charge is 2.40. The van der Waals surface area contributed by atoms with E-state index in [4.69, 9.17) is 18.0 Å². The Labute approximate surface area is 125 Å². The Morgan fingerprint density at radius 2 is 1.90 bits per heavy atom. The molecule has 0 bridgehead atoms. The molecule has 7 heteroatoms. The molecule has 1 saturated heterocycles. The van der Waals surface area contributed by atoms with Crippen molar-refractivity contribution >= 4 is 17.2 Å². The van der Waals surface area contributed by atoms with Crippen molar-refractivity contribution in [3.63, 3.8) is 0 Å². The Kier molecular flexibility index (Phi) is 4.83. The van der Waals surface area contributed by atoms with Gasteiger partial charge in [-0.3, -0.25) is 4.90 Å². The third-order valence-corrected chi connectivity index (χ3v) is 4.01. The topological polar surface area (TPSA) is 29.3 Å². The summed E-state index contributed by atoms with van der Waals surface area (Å²) >= 11 is 4.84. The van der Waals surface area contributed by atoms with E-state index in [0.29, 0.717) is 24.2 Å². The highest BCUT2D eigenvalue weighted by molar-refractivity contribution is 7.80. The molecule has 0 unspecified atom stereocenters. The summed E-state index contributed by atoms with van der Waals surface area (Å²) in [6.45, 7) is 0.884. The molecule has 1 heterocycles. The Hall–Kier alpha value is -1.21. The van der Waals surface area contributed by atoms with E-state index in [2.05, 4.69) is 0 Å². The van der Waals surface area contributed by atoms with E-state index in [-0.39, 0.29) is 24.4 Å². The molecule has 0 radical (unpaired) electrons. The van der Waals surface area contributed by atoms with E-state index in [1.54, 1.807) is 6.07 Å². The summed E-state index contributed by atoms with van der Waals surface area (Å²) in [6.07, 6.45) is -4.02. The van der Waals surface area contributed by atoms with E-state index in [0.717, 1.165) is 0 Å². The number of benzene rings is 1. The van der Waals surface area contributed by atoms with Gasteiger partial charge in [0.2, 0.25) is 0 Å². The average molecular weight is 320 g/mol. The summed E-state index contributed by atoms with van der Waals surface area (Å²) in [5, 5.41) is 0. The second kappa shape index (κ2) is 6.27. The SMILES string of the molecule is NC(=S)c1ccc(F)c(CN2CCC(C(F)(F)F)CC2)c1. The fourth-order valence-corrected chi connectivity index (χ4v) is 2.64. The standard InChI is InChI=1S/C14H16F4N2S/c15-12-2-1-9(13(19)21)7-10(12)8-20-5-3-11(4-6-20)14(16,17)18/h1-2,7,11H,3-6,8H2,(H2,19,21). The monoisotopic (exact) mass is 320 g/mol. The number of rotatable bonds is 3. The molecular weight excluding hydrogens is 304 g/mol. The van der Waals surface area contributed by atoms with Crippen LogP contribution in [0.2, 0.25) is 0 Å². The molecule has 1 aromatic rings. The van der Waals surface area contributed by atoms with Crippen LogP contribution in [-0.4, -0.2) is 29.2 Å². The van der Waals surface area contributed by atoms with Gasteiger partial charge in [-0.15, -0.1) is 0 Å². The molecule has 1 fully saturated rings. The number of nitrogens with zero attached hydrogens (tertiary/aromatic N) is 1. The molecule has 0 amide bonds. The lowest BCUT2D eigenvalue weighted by molar-refractivity contribution is -0.185. The zero-order chi connectivity index (χ0) is 15.6. The zero-order valence-electron chi connectivity index (χ0n) is 11.3. The van der Waals surface area contributed by atoms with Gasteiger partial charge in [0.25, 0.3) is 0 Å². The van der Waals surface area contributed by atoms with Crippen LogP contribution >= 0.6 is 12.2 Å². The zero-order valence-corrected chi connectivity index (χ0v) is 12.1. The molecule has 0 atom stereocenters. The fourth-order valence-electron chi connectivity index (χ4n) is 2.51. The van der Waals surface area contributed by atoms with Gasteiger partial charge < -0.3 is 5.73 Å². The van der Waals surface area contributed by atoms with Crippen molar-refractivity contribution in [2.75, 3.05) is 13.1 Å². The number of halogens is 4. The number of nitrogens with two attached hydrogens (primary N) is 1. The van der Waals surface area contributed by atoms with Gasteiger partial charge >= 0.3 is 6.18 Å². The number of hydrogen-bond acceptors (Lipinski definition) is 2. The molecular formula is C14H16F4N2S. The maximum Gasteiger partial charge on any atom is 0.391 e. The van der Waals surface area contributed by atoms with Gasteiger partial charge in [-0.05, 0) is 44.1 Å². The van der Waals surface area contributed by atoms with Gasteiger partial charge in [0.15, 0.2) is 0 Å². The fraction of sp³-hybridized carbons (Fsp3) is 0.500. The van der Waals surface area contributed by atoms with Gasteiger partial charge in [-0.25, -0.2) is 4.39 Å². The quantitative estimate of drug-likeness (QED) is 0.685. The van der Waals surface area contributed by atoms with Crippen LogP contribution in [0.1, 0.15) is 24.0 Å². The number of piperidine rings is 1. The maximum atomic E-state index is 13.8. The summed E-state index contributed by atoms with van der Waals surface area (Å²) in [4.78, 5) is 2.00.